The van der Waals surface area contributed by atoms with E-state index in [-0.39, 0.29) is 0 Å². The van der Waals surface area contributed by atoms with Crippen molar-refractivity contribution in [3.63, 3.8) is 0 Å². The van der Waals surface area contributed by atoms with E-state index in [1.165, 1.54) is 13.4 Å². The van der Waals surface area contributed by atoms with Gasteiger partial charge in [0.2, 0.25) is 0 Å². The second-order valence-corrected chi connectivity index (χ2v) is 6.90. The van der Waals surface area contributed by atoms with Crippen molar-refractivity contribution >= 4 is 51.1 Å². The van der Waals surface area contributed by atoms with Gasteiger partial charge in [-0.05, 0) is 43.4 Å². The first-order valence-electron chi connectivity index (χ1n) is 9.72. The number of halogens is 1. The summed E-state index contributed by atoms with van der Waals surface area (Å²) in [6, 6.07) is 20.0. The van der Waals surface area contributed by atoms with E-state index in [4.69, 9.17) is 22.1 Å². The molecule has 6 N–H and O–H groups in total. The zero-order valence-corrected chi connectivity index (χ0v) is 17.6. The average Bonchev–Trinajstić information content (AvgIpc) is 3.14. The van der Waals surface area contributed by atoms with Crippen molar-refractivity contribution in [2.75, 3.05) is 25.5 Å². The van der Waals surface area contributed by atoms with E-state index in [1.54, 1.807) is 0 Å². The van der Waals surface area contributed by atoms with E-state index in [9.17, 15) is 0 Å². The van der Waals surface area contributed by atoms with Crippen LogP contribution in [0.15, 0.2) is 65.7 Å². The number of aromatic amines is 1. The molecule has 0 saturated carbocycles. The van der Waals surface area contributed by atoms with E-state index in [0.29, 0.717) is 18.2 Å². The van der Waals surface area contributed by atoms with Gasteiger partial charge in [-0.15, -0.1) is 0 Å². The van der Waals surface area contributed by atoms with Crippen molar-refractivity contribution in [2.45, 2.75) is 6.42 Å². The van der Waals surface area contributed by atoms with Crippen LogP contribution in [0.25, 0.3) is 21.8 Å². The lowest BCUT2D eigenvalue weighted by molar-refractivity contribution is 0.317. The SMILES string of the molecule is CN.NC=NCCCOc1cc(Nc2ccccc2)cc2c1[nH]c1ccc(Cl)cc12. The van der Waals surface area contributed by atoms with Gasteiger partial charge in [0, 0.05) is 51.7 Å². The minimum absolute atomic E-state index is 0.553. The number of H-pyrrole nitrogens is 1. The number of anilines is 2. The number of para-hydroxylation sites is 1. The summed E-state index contributed by atoms with van der Waals surface area (Å²) >= 11 is 6.23. The number of nitrogens with two attached hydrogens (primary N) is 2. The van der Waals surface area contributed by atoms with Crippen molar-refractivity contribution in [3.05, 3.63) is 65.7 Å². The van der Waals surface area contributed by atoms with Gasteiger partial charge in [0.15, 0.2) is 0 Å². The van der Waals surface area contributed by atoms with Gasteiger partial charge in [-0.1, -0.05) is 29.8 Å². The molecular weight excluding hydrogens is 398 g/mol. The van der Waals surface area contributed by atoms with Gasteiger partial charge in [-0.25, -0.2) is 0 Å². The number of hydrogen-bond donors (Lipinski definition) is 4. The molecule has 0 aliphatic rings. The van der Waals surface area contributed by atoms with Crippen LogP contribution in [0, 0.1) is 0 Å². The monoisotopic (exact) mass is 423 g/mol. The summed E-state index contributed by atoms with van der Waals surface area (Å²) in [6.07, 6.45) is 2.11. The Hall–Kier alpha value is -3.22. The number of nitrogens with zero attached hydrogens (tertiary/aromatic N) is 1. The molecule has 0 fully saturated rings. The van der Waals surface area contributed by atoms with E-state index in [2.05, 4.69) is 27.1 Å². The van der Waals surface area contributed by atoms with Crippen molar-refractivity contribution in [2.24, 2.45) is 16.5 Å². The van der Waals surface area contributed by atoms with Crippen LogP contribution >= 0.6 is 11.6 Å². The standard InChI is InChI=1S/C22H21ClN4O.CH5N/c23-15-7-8-20-18(11-15)19-12-17(26-16-5-2-1-3-6-16)13-21(22(19)27-20)28-10-4-9-25-14-24;1-2/h1-3,5-8,11-14,26-27H,4,9-10H2,(H2,24,25);2H2,1H3. The lowest BCUT2D eigenvalue weighted by Gasteiger charge is -2.11. The third kappa shape index (κ3) is 5.03. The Morgan fingerprint density at radius 2 is 1.83 bits per heavy atom. The molecule has 3 aromatic carbocycles. The molecule has 0 atom stereocenters. The van der Waals surface area contributed by atoms with Gasteiger partial charge in [-0.3, -0.25) is 4.99 Å². The molecule has 6 nitrogen and oxygen atoms in total. The first-order chi connectivity index (χ1) is 14.7. The quantitative estimate of drug-likeness (QED) is 0.190. The third-order valence-corrected chi connectivity index (χ3v) is 4.73. The third-order valence-electron chi connectivity index (χ3n) is 4.49. The Bertz CT molecular complexity index is 1120. The maximum atomic E-state index is 6.23. The summed E-state index contributed by atoms with van der Waals surface area (Å²) < 4.78 is 6.09. The number of benzene rings is 3. The summed E-state index contributed by atoms with van der Waals surface area (Å²) in [5, 5.41) is 6.28. The van der Waals surface area contributed by atoms with Crippen LogP contribution < -0.4 is 21.5 Å². The number of ether oxygens (including phenoxy) is 1. The molecule has 0 aliphatic heterocycles. The summed E-state index contributed by atoms with van der Waals surface area (Å²) in [6.45, 7) is 1.20. The molecule has 0 bridgehead atoms. The highest BCUT2D eigenvalue weighted by molar-refractivity contribution is 6.32. The van der Waals surface area contributed by atoms with Gasteiger partial charge in [0.25, 0.3) is 0 Å². The molecule has 0 saturated heterocycles. The molecule has 0 spiro atoms. The highest BCUT2D eigenvalue weighted by Gasteiger charge is 2.12. The fourth-order valence-corrected chi connectivity index (χ4v) is 3.40. The van der Waals surface area contributed by atoms with E-state index >= 15 is 0 Å². The van der Waals surface area contributed by atoms with Crippen LogP contribution in [0.5, 0.6) is 5.75 Å². The number of fused-ring (bicyclic) bond motifs is 3. The Balaban J connectivity index is 0.00000124. The lowest BCUT2D eigenvalue weighted by Crippen LogP contribution is -2.01. The normalized spacial score (nSPS) is 10.9. The molecule has 156 valence electrons. The predicted octanol–water partition coefficient (Wildman–Crippen LogP) is 5.05. The molecule has 30 heavy (non-hydrogen) atoms. The number of rotatable bonds is 7. The Labute approximate surface area is 180 Å². The minimum Gasteiger partial charge on any atom is -0.491 e. The zero-order valence-electron chi connectivity index (χ0n) is 16.9. The van der Waals surface area contributed by atoms with E-state index < -0.39 is 0 Å². The van der Waals surface area contributed by atoms with E-state index in [0.717, 1.165) is 45.4 Å². The molecule has 1 heterocycles. The number of hydrogen-bond acceptors (Lipinski definition) is 4. The molecule has 1 aromatic heterocycles. The van der Waals surface area contributed by atoms with Crippen LogP contribution in [0.1, 0.15) is 6.42 Å². The fraction of sp³-hybridized carbons (Fsp3) is 0.174. The highest BCUT2D eigenvalue weighted by Crippen LogP contribution is 2.36. The fourth-order valence-electron chi connectivity index (χ4n) is 3.23. The highest BCUT2D eigenvalue weighted by atomic mass is 35.5. The van der Waals surface area contributed by atoms with Crippen molar-refractivity contribution < 1.29 is 4.74 Å². The van der Waals surface area contributed by atoms with Gasteiger partial charge in [0.1, 0.15) is 5.75 Å². The molecule has 0 unspecified atom stereocenters. The van der Waals surface area contributed by atoms with Crippen molar-refractivity contribution in [3.8, 4) is 5.75 Å². The molecule has 4 rings (SSSR count). The number of aliphatic imine (C=N–C) groups is 1. The molecule has 0 aliphatic carbocycles. The molecule has 0 amide bonds. The summed E-state index contributed by atoms with van der Waals surface area (Å²) in [5.74, 6) is 0.792. The number of aromatic nitrogens is 1. The van der Waals surface area contributed by atoms with Gasteiger partial charge < -0.3 is 26.5 Å². The van der Waals surface area contributed by atoms with E-state index in [1.807, 2.05) is 54.6 Å². The van der Waals surface area contributed by atoms with Gasteiger partial charge in [-0.2, -0.15) is 0 Å². The summed E-state index contributed by atoms with van der Waals surface area (Å²) in [5.41, 5.74) is 13.7. The molecule has 0 radical (unpaired) electrons. The maximum absolute atomic E-state index is 6.23. The van der Waals surface area contributed by atoms with Gasteiger partial charge >= 0.3 is 0 Å². The molecular formula is C23H26ClN5O. The van der Waals surface area contributed by atoms with Crippen molar-refractivity contribution in [1.82, 2.24) is 4.98 Å². The summed E-state index contributed by atoms with van der Waals surface area (Å²) in [7, 11) is 1.50. The first-order valence-corrected chi connectivity index (χ1v) is 10.1. The second kappa shape index (κ2) is 10.5. The van der Waals surface area contributed by atoms with Crippen LogP contribution in [0.3, 0.4) is 0 Å². The Morgan fingerprint density at radius 1 is 1.03 bits per heavy atom. The van der Waals surface area contributed by atoms with Crippen molar-refractivity contribution in [1.29, 1.82) is 0 Å². The maximum Gasteiger partial charge on any atom is 0.145 e. The van der Waals surface area contributed by atoms with Gasteiger partial charge in [0.05, 0.1) is 18.5 Å². The lowest BCUT2D eigenvalue weighted by atomic mass is 10.1. The minimum atomic E-state index is 0.553. The molecule has 7 heteroatoms. The van der Waals surface area contributed by atoms with Crippen LogP contribution in [0.4, 0.5) is 11.4 Å². The Kier molecular flexibility index (Phi) is 7.54. The van der Waals surface area contributed by atoms with Crippen LogP contribution in [-0.4, -0.2) is 31.5 Å². The summed E-state index contributed by atoms with van der Waals surface area (Å²) in [4.78, 5) is 7.48. The smallest absolute Gasteiger partial charge is 0.145 e. The molecule has 4 aromatic rings. The predicted molar refractivity (Wildman–Crippen MR) is 128 cm³/mol. The zero-order chi connectivity index (χ0) is 21.3. The first kappa shape index (κ1) is 21.5. The van der Waals surface area contributed by atoms with Crippen LogP contribution in [-0.2, 0) is 0 Å². The van der Waals surface area contributed by atoms with Crippen LogP contribution in [0.2, 0.25) is 5.02 Å². The second-order valence-electron chi connectivity index (χ2n) is 6.46. The average molecular weight is 424 g/mol. The Morgan fingerprint density at radius 3 is 2.60 bits per heavy atom. The number of nitrogens with one attached hydrogen (secondary N) is 2. The topological polar surface area (TPSA) is 101 Å². The largest absolute Gasteiger partial charge is 0.491 e.